The van der Waals surface area contributed by atoms with Crippen molar-refractivity contribution in [2.24, 2.45) is 5.73 Å². The van der Waals surface area contributed by atoms with E-state index in [1.807, 2.05) is 0 Å². The predicted molar refractivity (Wildman–Crippen MR) is 54.2 cm³/mol. The fourth-order valence-corrected chi connectivity index (χ4v) is 1.56. The monoisotopic (exact) mass is 209 g/mol. The second-order valence-electron chi connectivity index (χ2n) is 3.44. The van der Waals surface area contributed by atoms with Crippen LogP contribution in [0.25, 0.3) is 0 Å². The van der Waals surface area contributed by atoms with E-state index in [2.05, 4.69) is 9.97 Å². The molecule has 5 N–H and O–H groups in total. The van der Waals surface area contributed by atoms with Crippen LogP contribution in [0.3, 0.4) is 0 Å². The summed E-state index contributed by atoms with van der Waals surface area (Å²) >= 11 is 0. The molecular formula is C8H11N5O2. The molecule has 1 amide bonds. The summed E-state index contributed by atoms with van der Waals surface area (Å²) in [6.07, 6.45) is 1.47. The lowest BCUT2D eigenvalue weighted by Gasteiger charge is -2.15. The number of H-pyrrole nitrogens is 1. The highest BCUT2D eigenvalue weighted by molar-refractivity contribution is 5.97. The van der Waals surface area contributed by atoms with Gasteiger partial charge in [0.2, 0.25) is 5.91 Å². The van der Waals surface area contributed by atoms with Gasteiger partial charge >= 0.3 is 0 Å². The number of amides is 1. The maximum Gasteiger partial charge on any atom is 0.276 e. The Balaban J connectivity index is 2.42. The average Bonchev–Trinajstić information content (AvgIpc) is 2.50. The molecule has 0 saturated carbocycles. The second-order valence-corrected chi connectivity index (χ2v) is 3.44. The molecule has 1 aliphatic rings. The number of hydrogen-bond donors (Lipinski definition) is 3. The molecule has 1 aromatic rings. The maximum absolute atomic E-state index is 11.5. The zero-order chi connectivity index (χ0) is 11.0. The molecule has 1 aromatic heterocycles. The van der Waals surface area contributed by atoms with Crippen LogP contribution in [0.1, 0.15) is 6.42 Å². The van der Waals surface area contributed by atoms with Crippen molar-refractivity contribution in [1.29, 1.82) is 0 Å². The van der Waals surface area contributed by atoms with Crippen molar-refractivity contribution in [3.63, 3.8) is 0 Å². The molecule has 0 spiro atoms. The summed E-state index contributed by atoms with van der Waals surface area (Å²) in [5.41, 5.74) is 10.6. The highest BCUT2D eigenvalue weighted by Gasteiger charge is 2.30. The molecule has 0 aliphatic carbocycles. The normalized spacial score (nSPS) is 21.0. The van der Waals surface area contributed by atoms with Gasteiger partial charge < -0.3 is 16.5 Å². The van der Waals surface area contributed by atoms with Gasteiger partial charge in [0.1, 0.15) is 5.69 Å². The second kappa shape index (κ2) is 3.35. The topological polar surface area (TPSA) is 118 Å². The minimum absolute atomic E-state index is 0.0556. The third-order valence-electron chi connectivity index (χ3n) is 2.28. The lowest BCUT2D eigenvalue weighted by atomic mass is 10.3. The van der Waals surface area contributed by atoms with Crippen molar-refractivity contribution >= 4 is 17.4 Å². The average molecular weight is 209 g/mol. The van der Waals surface area contributed by atoms with Gasteiger partial charge in [0.25, 0.3) is 5.56 Å². The first-order chi connectivity index (χ1) is 7.09. The Morgan fingerprint density at radius 3 is 2.87 bits per heavy atom. The van der Waals surface area contributed by atoms with Gasteiger partial charge in [-0.15, -0.1) is 0 Å². The van der Waals surface area contributed by atoms with Gasteiger partial charge in [-0.2, -0.15) is 0 Å². The summed E-state index contributed by atoms with van der Waals surface area (Å²) < 4.78 is 0. The molecule has 7 heteroatoms. The largest absolute Gasteiger partial charge is 0.391 e. The molecule has 1 unspecified atom stereocenters. The molecule has 15 heavy (non-hydrogen) atoms. The fraction of sp³-hybridized carbons (Fsp3) is 0.375. The Hall–Kier alpha value is -1.89. The number of carbonyl (C=O) groups is 1. The molecule has 0 aromatic carbocycles. The number of nitrogens with two attached hydrogens (primary N) is 2. The molecule has 2 rings (SSSR count). The SMILES string of the molecule is Nc1c(N2CC(N)CC2=O)nc[nH]c1=O. The molecule has 7 nitrogen and oxygen atoms in total. The van der Waals surface area contributed by atoms with E-state index in [1.54, 1.807) is 0 Å². The summed E-state index contributed by atoms with van der Waals surface area (Å²) in [6, 6.07) is -0.224. The van der Waals surface area contributed by atoms with Crippen LogP contribution < -0.4 is 21.9 Å². The maximum atomic E-state index is 11.5. The number of rotatable bonds is 1. The van der Waals surface area contributed by atoms with Gasteiger partial charge in [-0.3, -0.25) is 14.5 Å². The molecule has 1 aliphatic heterocycles. The van der Waals surface area contributed by atoms with E-state index in [1.165, 1.54) is 11.2 Å². The minimum atomic E-state index is -0.451. The number of hydrogen-bond acceptors (Lipinski definition) is 5. The number of nitrogen functional groups attached to an aromatic ring is 1. The summed E-state index contributed by atoms with van der Waals surface area (Å²) in [5, 5.41) is 0. The zero-order valence-corrected chi connectivity index (χ0v) is 7.93. The van der Waals surface area contributed by atoms with E-state index in [0.29, 0.717) is 6.54 Å². The first-order valence-electron chi connectivity index (χ1n) is 4.48. The van der Waals surface area contributed by atoms with E-state index >= 15 is 0 Å². The van der Waals surface area contributed by atoms with Gasteiger partial charge in [0.15, 0.2) is 5.82 Å². The van der Waals surface area contributed by atoms with E-state index in [0.717, 1.165) is 0 Å². The summed E-state index contributed by atoms with van der Waals surface area (Å²) in [5.74, 6) is 0.0315. The van der Waals surface area contributed by atoms with Crippen LogP contribution in [-0.4, -0.2) is 28.5 Å². The molecule has 0 radical (unpaired) electrons. The Morgan fingerprint density at radius 2 is 2.27 bits per heavy atom. The van der Waals surface area contributed by atoms with Crippen molar-refractivity contribution in [3.8, 4) is 0 Å². The molecule has 1 saturated heterocycles. The number of nitrogens with zero attached hydrogens (tertiary/aromatic N) is 2. The summed E-state index contributed by atoms with van der Waals surface area (Å²) in [4.78, 5) is 30.2. The fourth-order valence-electron chi connectivity index (χ4n) is 1.56. The molecule has 0 bridgehead atoms. The third-order valence-corrected chi connectivity index (χ3v) is 2.28. The van der Waals surface area contributed by atoms with Crippen molar-refractivity contribution in [3.05, 3.63) is 16.7 Å². The number of carbonyl (C=O) groups excluding carboxylic acids is 1. The van der Waals surface area contributed by atoms with E-state index in [9.17, 15) is 9.59 Å². The zero-order valence-electron chi connectivity index (χ0n) is 7.93. The molecule has 1 atom stereocenters. The van der Waals surface area contributed by atoms with Crippen LogP contribution in [0.15, 0.2) is 11.1 Å². The lowest BCUT2D eigenvalue weighted by molar-refractivity contribution is -0.117. The number of nitrogens with one attached hydrogen (secondary N) is 1. The van der Waals surface area contributed by atoms with Gasteiger partial charge in [0, 0.05) is 19.0 Å². The van der Waals surface area contributed by atoms with Crippen molar-refractivity contribution < 1.29 is 4.79 Å². The first-order valence-corrected chi connectivity index (χ1v) is 4.48. The summed E-state index contributed by atoms with van der Waals surface area (Å²) in [6.45, 7) is 0.347. The molecule has 1 fully saturated rings. The smallest absolute Gasteiger partial charge is 0.276 e. The van der Waals surface area contributed by atoms with E-state index < -0.39 is 5.56 Å². The van der Waals surface area contributed by atoms with Crippen molar-refractivity contribution in [2.75, 3.05) is 17.2 Å². The highest BCUT2D eigenvalue weighted by atomic mass is 16.2. The van der Waals surface area contributed by atoms with Crippen LogP contribution >= 0.6 is 0 Å². The van der Waals surface area contributed by atoms with Gasteiger partial charge in [-0.05, 0) is 0 Å². The van der Waals surface area contributed by atoms with E-state index in [-0.39, 0.29) is 29.9 Å². The van der Waals surface area contributed by atoms with Crippen LogP contribution in [0.5, 0.6) is 0 Å². The Kier molecular flexibility index (Phi) is 2.16. The summed E-state index contributed by atoms with van der Waals surface area (Å²) in [7, 11) is 0. The van der Waals surface area contributed by atoms with Crippen molar-refractivity contribution in [2.45, 2.75) is 12.5 Å². The van der Waals surface area contributed by atoms with Crippen LogP contribution in [-0.2, 0) is 4.79 Å². The lowest BCUT2D eigenvalue weighted by Crippen LogP contribution is -2.31. The Morgan fingerprint density at radius 1 is 1.53 bits per heavy atom. The van der Waals surface area contributed by atoms with Crippen LogP contribution in [0.4, 0.5) is 11.5 Å². The third kappa shape index (κ3) is 1.57. The molecule has 80 valence electrons. The van der Waals surface area contributed by atoms with Gasteiger partial charge in [-0.25, -0.2) is 4.98 Å². The Labute approximate surface area is 85.1 Å². The van der Waals surface area contributed by atoms with Crippen LogP contribution in [0.2, 0.25) is 0 Å². The molecular weight excluding hydrogens is 198 g/mol. The Bertz CT molecular complexity index is 455. The van der Waals surface area contributed by atoms with Gasteiger partial charge in [-0.1, -0.05) is 0 Å². The van der Waals surface area contributed by atoms with Gasteiger partial charge in [0.05, 0.1) is 6.33 Å². The molecule has 2 heterocycles. The van der Waals surface area contributed by atoms with Crippen molar-refractivity contribution in [1.82, 2.24) is 9.97 Å². The van der Waals surface area contributed by atoms with Crippen LogP contribution in [0, 0.1) is 0 Å². The number of anilines is 2. The minimum Gasteiger partial charge on any atom is -0.391 e. The number of aromatic nitrogens is 2. The predicted octanol–water partition coefficient (Wildman–Crippen LogP) is -1.58. The highest BCUT2D eigenvalue weighted by Crippen LogP contribution is 2.21. The first kappa shape index (κ1) is 9.66. The quantitative estimate of drug-likeness (QED) is 0.515. The standard InChI is InChI=1S/C8H11N5O2/c9-4-1-5(14)13(2-4)7-6(10)8(15)12-3-11-7/h3-4H,1-2,9-10H2,(H,11,12,15). The van der Waals surface area contributed by atoms with E-state index in [4.69, 9.17) is 11.5 Å². The number of aromatic amines is 1.